The van der Waals surface area contributed by atoms with E-state index in [2.05, 4.69) is 4.74 Å². The Balaban J connectivity index is 2.02. The molecule has 0 aliphatic carbocycles. The van der Waals surface area contributed by atoms with E-state index in [1.807, 2.05) is 31.2 Å². The third-order valence-electron chi connectivity index (χ3n) is 4.28. The number of carbonyl (C=O) groups is 2. The van der Waals surface area contributed by atoms with Crippen LogP contribution in [-0.2, 0) is 9.53 Å². The number of likely N-dealkylation sites (N-methyl/N-ethyl adjacent to an activating group) is 1. The lowest BCUT2D eigenvalue weighted by atomic mass is 10.1. The summed E-state index contributed by atoms with van der Waals surface area (Å²) >= 11 is 0. The molecule has 0 fully saturated rings. The smallest absolute Gasteiger partial charge is 0.337 e. The molecule has 0 radical (unpaired) electrons. The first-order valence-corrected chi connectivity index (χ1v) is 8.23. The van der Waals surface area contributed by atoms with Crippen molar-refractivity contribution in [3.63, 3.8) is 0 Å². The molecule has 5 heteroatoms. The quantitative estimate of drug-likeness (QED) is 0.587. The molecule has 1 amide bonds. The van der Waals surface area contributed by atoms with Gasteiger partial charge in [-0.25, -0.2) is 4.79 Å². The zero-order valence-electron chi connectivity index (χ0n) is 15.4. The highest BCUT2D eigenvalue weighted by molar-refractivity contribution is 5.92. The lowest BCUT2D eigenvalue weighted by Gasteiger charge is -2.24. The molecule has 0 N–H and O–H groups in total. The Morgan fingerprint density at radius 3 is 2.15 bits per heavy atom. The number of hydrogen-bond donors (Lipinski definition) is 0. The van der Waals surface area contributed by atoms with E-state index in [1.165, 1.54) is 13.2 Å². The Labute approximate surface area is 153 Å². The van der Waals surface area contributed by atoms with Gasteiger partial charge in [0.1, 0.15) is 5.75 Å². The standard InChI is InChI=1S/C21H23NO4/c1-15(17-10-12-19(25-3)13-11-17)22(2)20(23)14-7-16-5-8-18(9-6-16)21(24)26-4/h5-15H,1-4H3/b14-7+. The largest absolute Gasteiger partial charge is 0.497 e. The molecule has 0 saturated heterocycles. The molecule has 1 unspecified atom stereocenters. The lowest BCUT2D eigenvalue weighted by Crippen LogP contribution is -2.27. The summed E-state index contributed by atoms with van der Waals surface area (Å²) in [6.45, 7) is 1.97. The van der Waals surface area contributed by atoms with Crippen LogP contribution in [0.2, 0.25) is 0 Å². The minimum atomic E-state index is -0.385. The van der Waals surface area contributed by atoms with E-state index in [9.17, 15) is 9.59 Å². The predicted molar refractivity (Wildman–Crippen MR) is 101 cm³/mol. The van der Waals surface area contributed by atoms with Crippen molar-refractivity contribution in [3.05, 3.63) is 71.3 Å². The van der Waals surface area contributed by atoms with Crippen LogP contribution in [0.4, 0.5) is 0 Å². The van der Waals surface area contributed by atoms with Crippen LogP contribution in [0.1, 0.15) is 34.5 Å². The summed E-state index contributed by atoms with van der Waals surface area (Å²) in [5, 5.41) is 0. The van der Waals surface area contributed by atoms with Crippen LogP contribution in [0.5, 0.6) is 5.75 Å². The molecule has 0 saturated carbocycles. The number of amides is 1. The number of hydrogen-bond acceptors (Lipinski definition) is 4. The van der Waals surface area contributed by atoms with E-state index < -0.39 is 0 Å². The van der Waals surface area contributed by atoms with Gasteiger partial charge in [-0.3, -0.25) is 4.79 Å². The van der Waals surface area contributed by atoms with E-state index in [0.717, 1.165) is 16.9 Å². The first-order chi connectivity index (χ1) is 12.5. The molecule has 2 rings (SSSR count). The van der Waals surface area contributed by atoms with Crippen LogP contribution in [-0.4, -0.2) is 38.0 Å². The molecule has 2 aromatic rings. The van der Waals surface area contributed by atoms with Crippen LogP contribution in [0, 0.1) is 0 Å². The summed E-state index contributed by atoms with van der Waals surface area (Å²) in [7, 11) is 4.73. The zero-order chi connectivity index (χ0) is 19.1. The Bertz CT molecular complexity index is 779. The molecule has 0 bridgehead atoms. The number of methoxy groups -OCH3 is 2. The van der Waals surface area contributed by atoms with Crippen molar-refractivity contribution in [1.82, 2.24) is 4.90 Å². The van der Waals surface area contributed by atoms with Gasteiger partial charge in [-0.15, -0.1) is 0 Å². The molecule has 26 heavy (non-hydrogen) atoms. The van der Waals surface area contributed by atoms with Crippen molar-refractivity contribution in [2.24, 2.45) is 0 Å². The lowest BCUT2D eigenvalue weighted by molar-refractivity contribution is -0.126. The first-order valence-electron chi connectivity index (χ1n) is 8.23. The highest BCUT2D eigenvalue weighted by Gasteiger charge is 2.15. The minimum absolute atomic E-state index is 0.0697. The number of rotatable bonds is 6. The number of carbonyl (C=O) groups excluding carboxylic acids is 2. The van der Waals surface area contributed by atoms with Gasteiger partial charge in [0.2, 0.25) is 5.91 Å². The Morgan fingerprint density at radius 2 is 1.62 bits per heavy atom. The van der Waals surface area contributed by atoms with E-state index >= 15 is 0 Å². The predicted octanol–water partition coefficient (Wildman–Crippen LogP) is 3.71. The van der Waals surface area contributed by atoms with Gasteiger partial charge < -0.3 is 14.4 Å². The molecule has 5 nitrogen and oxygen atoms in total. The second-order valence-electron chi connectivity index (χ2n) is 5.85. The van der Waals surface area contributed by atoms with Crippen LogP contribution in [0.15, 0.2) is 54.6 Å². The second-order valence-corrected chi connectivity index (χ2v) is 5.85. The van der Waals surface area contributed by atoms with E-state index in [-0.39, 0.29) is 17.9 Å². The Hall–Kier alpha value is -3.08. The molecule has 0 aliphatic heterocycles. The highest BCUT2D eigenvalue weighted by Crippen LogP contribution is 2.22. The van der Waals surface area contributed by atoms with Gasteiger partial charge in [0, 0.05) is 13.1 Å². The minimum Gasteiger partial charge on any atom is -0.497 e. The van der Waals surface area contributed by atoms with E-state index in [4.69, 9.17) is 4.74 Å². The summed E-state index contributed by atoms with van der Waals surface area (Å²) in [4.78, 5) is 25.5. The normalized spacial score (nSPS) is 11.8. The molecular weight excluding hydrogens is 330 g/mol. The van der Waals surface area contributed by atoms with Crippen molar-refractivity contribution in [2.75, 3.05) is 21.3 Å². The summed E-state index contributed by atoms with van der Waals surface area (Å²) in [6.07, 6.45) is 3.24. The maximum Gasteiger partial charge on any atom is 0.337 e. The average Bonchev–Trinajstić information content (AvgIpc) is 2.70. The highest BCUT2D eigenvalue weighted by atomic mass is 16.5. The maximum absolute atomic E-state index is 12.4. The van der Waals surface area contributed by atoms with Crippen LogP contribution >= 0.6 is 0 Å². The molecule has 0 aromatic heterocycles. The summed E-state index contributed by atoms with van der Waals surface area (Å²) in [6, 6.07) is 14.4. The topological polar surface area (TPSA) is 55.8 Å². The molecule has 0 heterocycles. The molecule has 0 aliphatic rings. The van der Waals surface area contributed by atoms with Gasteiger partial charge >= 0.3 is 5.97 Å². The maximum atomic E-state index is 12.4. The third-order valence-corrected chi connectivity index (χ3v) is 4.28. The monoisotopic (exact) mass is 353 g/mol. The number of benzene rings is 2. The molecule has 136 valence electrons. The van der Waals surface area contributed by atoms with Gasteiger partial charge in [0.05, 0.1) is 25.8 Å². The van der Waals surface area contributed by atoms with Crippen molar-refractivity contribution in [2.45, 2.75) is 13.0 Å². The number of nitrogens with zero attached hydrogens (tertiary/aromatic N) is 1. The van der Waals surface area contributed by atoms with Gasteiger partial charge in [-0.1, -0.05) is 24.3 Å². The molecular formula is C21H23NO4. The van der Waals surface area contributed by atoms with E-state index in [1.54, 1.807) is 49.4 Å². The van der Waals surface area contributed by atoms with Gasteiger partial charge in [0.25, 0.3) is 0 Å². The van der Waals surface area contributed by atoms with Crippen molar-refractivity contribution < 1.29 is 19.1 Å². The summed E-state index contributed by atoms with van der Waals surface area (Å²) in [5.41, 5.74) is 2.33. The Kier molecular flexibility index (Phi) is 6.55. The number of ether oxygens (including phenoxy) is 2. The number of esters is 1. The van der Waals surface area contributed by atoms with Gasteiger partial charge in [-0.05, 0) is 48.4 Å². The van der Waals surface area contributed by atoms with Crippen molar-refractivity contribution in [3.8, 4) is 5.75 Å². The fourth-order valence-corrected chi connectivity index (χ4v) is 2.43. The van der Waals surface area contributed by atoms with Crippen LogP contribution < -0.4 is 4.74 Å². The third kappa shape index (κ3) is 4.72. The first kappa shape index (κ1) is 19.2. The second kappa shape index (κ2) is 8.85. The van der Waals surface area contributed by atoms with Gasteiger partial charge in [0.15, 0.2) is 0 Å². The summed E-state index contributed by atoms with van der Waals surface area (Å²) < 4.78 is 9.82. The fourth-order valence-electron chi connectivity index (χ4n) is 2.43. The zero-order valence-corrected chi connectivity index (χ0v) is 15.4. The summed E-state index contributed by atoms with van der Waals surface area (Å²) in [5.74, 6) is 0.292. The van der Waals surface area contributed by atoms with Crippen molar-refractivity contribution in [1.29, 1.82) is 0 Å². The van der Waals surface area contributed by atoms with E-state index in [0.29, 0.717) is 5.56 Å². The molecule has 0 spiro atoms. The van der Waals surface area contributed by atoms with Crippen LogP contribution in [0.25, 0.3) is 6.08 Å². The fraction of sp³-hybridized carbons (Fsp3) is 0.238. The van der Waals surface area contributed by atoms with Crippen LogP contribution in [0.3, 0.4) is 0 Å². The average molecular weight is 353 g/mol. The van der Waals surface area contributed by atoms with Crippen molar-refractivity contribution >= 4 is 18.0 Å². The molecule has 2 aromatic carbocycles. The molecule has 1 atom stereocenters. The van der Waals surface area contributed by atoms with Gasteiger partial charge in [-0.2, -0.15) is 0 Å². The Morgan fingerprint density at radius 1 is 1.00 bits per heavy atom. The SMILES string of the molecule is COC(=O)c1ccc(/C=C/C(=O)N(C)C(C)c2ccc(OC)cc2)cc1.